The van der Waals surface area contributed by atoms with Crippen LogP contribution < -0.4 is 15.0 Å². The number of methoxy groups -OCH3 is 1. The first-order valence-corrected chi connectivity index (χ1v) is 12.9. The molecule has 1 amide bonds. The van der Waals surface area contributed by atoms with Gasteiger partial charge in [0.15, 0.2) is 5.13 Å². The number of anilines is 2. The van der Waals surface area contributed by atoms with Gasteiger partial charge in [-0.3, -0.25) is 4.79 Å². The van der Waals surface area contributed by atoms with Crippen molar-refractivity contribution in [3.8, 4) is 17.0 Å². The minimum absolute atomic E-state index is 0.259. The molecule has 0 aliphatic carbocycles. The SMILES string of the molecule is COc1cccc(-c2csc(N(Cc3ccc(C(=O)NC(C(=O)O)C(C)C)cc3)c3ccccc3F)n2)c1. The van der Waals surface area contributed by atoms with Crippen LogP contribution in [0.15, 0.2) is 78.2 Å². The van der Waals surface area contributed by atoms with E-state index in [1.54, 1.807) is 68.3 Å². The number of nitrogens with zero attached hydrogens (tertiary/aromatic N) is 2. The van der Waals surface area contributed by atoms with E-state index in [4.69, 9.17) is 9.72 Å². The number of halogens is 1. The highest BCUT2D eigenvalue weighted by atomic mass is 32.1. The number of thiazole rings is 1. The lowest BCUT2D eigenvalue weighted by atomic mass is 10.0. The number of aliphatic carboxylic acids is 1. The molecular weight excluding hydrogens is 505 g/mol. The van der Waals surface area contributed by atoms with Crippen LogP contribution in [0.1, 0.15) is 29.8 Å². The van der Waals surface area contributed by atoms with Gasteiger partial charge in [0.05, 0.1) is 25.0 Å². The van der Waals surface area contributed by atoms with Gasteiger partial charge in [0.25, 0.3) is 5.91 Å². The number of carbonyl (C=O) groups is 2. The third-order valence-corrected chi connectivity index (χ3v) is 6.87. The molecule has 7 nitrogen and oxygen atoms in total. The number of ether oxygens (including phenoxy) is 1. The maximum atomic E-state index is 14.9. The Kier molecular flexibility index (Phi) is 8.38. The van der Waals surface area contributed by atoms with Crippen molar-refractivity contribution in [2.24, 2.45) is 5.92 Å². The summed E-state index contributed by atoms with van der Waals surface area (Å²) in [6, 6.07) is 19.9. The molecule has 0 aliphatic heterocycles. The maximum absolute atomic E-state index is 14.9. The first-order valence-electron chi connectivity index (χ1n) is 12.0. The molecule has 196 valence electrons. The Hall–Kier alpha value is -4.24. The van der Waals surface area contributed by atoms with E-state index >= 15 is 0 Å². The van der Waals surface area contributed by atoms with E-state index in [0.717, 1.165) is 22.6 Å². The first kappa shape index (κ1) is 26.8. The van der Waals surface area contributed by atoms with Gasteiger partial charge in [-0.05, 0) is 47.9 Å². The van der Waals surface area contributed by atoms with E-state index in [1.165, 1.54) is 17.4 Å². The number of hydrogen-bond acceptors (Lipinski definition) is 6. The van der Waals surface area contributed by atoms with E-state index in [2.05, 4.69) is 5.32 Å². The van der Waals surface area contributed by atoms with Gasteiger partial charge in [0.2, 0.25) is 0 Å². The average molecular weight is 534 g/mol. The molecule has 4 aromatic rings. The van der Waals surface area contributed by atoms with Gasteiger partial charge in [-0.15, -0.1) is 11.3 Å². The van der Waals surface area contributed by atoms with Crippen LogP contribution in [-0.4, -0.2) is 35.1 Å². The maximum Gasteiger partial charge on any atom is 0.326 e. The Morgan fingerprint density at radius 1 is 1.08 bits per heavy atom. The van der Waals surface area contributed by atoms with Gasteiger partial charge in [-0.2, -0.15) is 0 Å². The highest BCUT2D eigenvalue weighted by molar-refractivity contribution is 7.14. The number of nitrogens with one attached hydrogen (secondary N) is 1. The number of aromatic nitrogens is 1. The quantitative estimate of drug-likeness (QED) is 0.255. The molecule has 0 saturated heterocycles. The molecule has 0 radical (unpaired) electrons. The Morgan fingerprint density at radius 2 is 1.82 bits per heavy atom. The number of carbonyl (C=O) groups excluding carboxylic acids is 1. The molecular formula is C29H28FN3O4S. The molecule has 1 unspecified atom stereocenters. The summed E-state index contributed by atoms with van der Waals surface area (Å²) in [6.45, 7) is 3.77. The number of rotatable bonds is 10. The van der Waals surface area contributed by atoms with Gasteiger partial charge in [0.1, 0.15) is 17.6 Å². The minimum atomic E-state index is -1.08. The zero-order valence-electron chi connectivity index (χ0n) is 21.2. The molecule has 0 fully saturated rings. The van der Waals surface area contributed by atoms with Crippen molar-refractivity contribution in [3.05, 3.63) is 95.1 Å². The number of hydrogen-bond donors (Lipinski definition) is 2. The van der Waals surface area contributed by atoms with Crippen molar-refractivity contribution in [2.75, 3.05) is 12.0 Å². The average Bonchev–Trinajstić information content (AvgIpc) is 3.41. The van der Waals surface area contributed by atoms with Gasteiger partial charge in [-0.1, -0.05) is 50.2 Å². The summed E-state index contributed by atoms with van der Waals surface area (Å²) >= 11 is 1.40. The molecule has 0 bridgehead atoms. The molecule has 4 rings (SSSR count). The lowest BCUT2D eigenvalue weighted by Gasteiger charge is -2.23. The van der Waals surface area contributed by atoms with Crippen LogP contribution in [0.4, 0.5) is 15.2 Å². The fourth-order valence-electron chi connectivity index (χ4n) is 3.91. The predicted molar refractivity (Wildman–Crippen MR) is 147 cm³/mol. The summed E-state index contributed by atoms with van der Waals surface area (Å²) in [6.07, 6.45) is 0. The largest absolute Gasteiger partial charge is 0.497 e. The standard InChI is InChI=1S/C29H28FN3O4S/c1-18(2)26(28(35)36)32-27(34)20-13-11-19(12-14-20)16-33(25-10-5-4-9-23(25)30)29-31-24(17-38-29)21-7-6-8-22(15-21)37-3/h4-15,17-18,26H,16H2,1-3H3,(H,32,34)(H,35,36). The molecule has 0 saturated carbocycles. The number of para-hydroxylation sites is 1. The Labute approximate surface area is 224 Å². The Morgan fingerprint density at radius 3 is 2.47 bits per heavy atom. The molecule has 38 heavy (non-hydrogen) atoms. The van der Waals surface area contributed by atoms with Gasteiger partial charge < -0.3 is 20.1 Å². The van der Waals surface area contributed by atoms with E-state index in [-0.39, 0.29) is 11.7 Å². The van der Waals surface area contributed by atoms with Crippen LogP contribution in [0.3, 0.4) is 0 Å². The molecule has 1 heterocycles. The number of amides is 1. The summed E-state index contributed by atoms with van der Waals surface area (Å²) in [4.78, 5) is 30.6. The number of benzene rings is 3. The minimum Gasteiger partial charge on any atom is -0.497 e. The van der Waals surface area contributed by atoms with Crippen LogP contribution >= 0.6 is 11.3 Å². The molecule has 0 aliphatic rings. The van der Waals surface area contributed by atoms with Crippen molar-refractivity contribution in [1.82, 2.24) is 10.3 Å². The number of carboxylic acid groups (broad SMARTS) is 1. The summed E-state index contributed by atoms with van der Waals surface area (Å²) in [7, 11) is 1.61. The van der Waals surface area contributed by atoms with Crippen molar-refractivity contribution in [2.45, 2.75) is 26.4 Å². The second-order valence-corrected chi connectivity index (χ2v) is 9.85. The van der Waals surface area contributed by atoms with Gasteiger partial charge in [-0.25, -0.2) is 14.2 Å². The molecule has 2 N–H and O–H groups in total. The third-order valence-electron chi connectivity index (χ3n) is 6.01. The highest BCUT2D eigenvalue weighted by Crippen LogP contribution is 2.35. The zero-order valence-corrected chi connectivity index (χ0v) is 22.0. The fourth-order valence-corrected chi connectivity index (χ4v) is 4.76. The van der Waals surface area contributed by atoms with Crippen molar-refractivity contribution in [3.63, 3.8) is 0 Å². The third kappa shape index (κ3) is 6.18. The Bertz CT molecular complexity index is 1420. The summed E-state index contributed by atoms with van der Waals surface area (Å²) in [5.41, 5.74) is 3.17. The first-order chi connectivity index (χ1) is 18.3. The number of carboxylic acids is 1. The van der Waals surface area contributed by atoms with Crippen LogP contribution in [0.2, 0.25) is 0 Å². The van der Waals surface area contributed by atoms with Crippen molar-refractivity contribution in [1.29, 1.82) is 0 Å². The second-order valence-electron chi connectivity index (χ2n) is 9.02. The molecule has 3 aromatic carbocycles. The van der Waals surface area contributed by atoms with Crippen LogP contribution in [0, 0.1) is 11.7 Å². The molecule has 9 heteroatoms. The van der Waals surface area contributed by atoms with E-state index in [9.17, 15) is 19.1 Å². The predicted octanol–water partition coefficient (Wildman–Crippen LogP) is 6.14. The monoisotopic (exact) mass is 533 g/mol. The van der Waals surface area contributed by atoms with Gasteiger partial charge in [0, 0.05) is 16.5 Å². The molecule has 1 atom stereocenters. The Balaban J connectivity index is 1.60. The lowest BCUT2D eigenvalue weighted by Crippen LogP contribution is -2.44. The smallest absolute Gasteiger partial charge is 0.326 e. The second kappa shape index (κ2) is 11.9. The van der Waals surface area contributed by atoms with Crippen LogP contribution in [-0.2, 0) is 11.3 Å². The fraction of sp³-hybridized carbons (Fsp3) is 0.207. The molecule has 0 spiro atoms. The molecule has 1 aromatic heterocycles. The summed E-state index contributed by atoms with van der Waals surface area (Å²) in [5, 5.41) is 14.4. The lowest BCUT2D eigenvalue weighted by molar-refractivity contribution is -0.140. The normalized spacial score (nSPS) is 11.7. The summed E-state index contributed by atoms with van der Waals surface area (Å²) < 4.78 is 20.2. The van der Waals surface area contributed by atoms with E-state index < -0.39 is 17.9 Å². The summed E-state index contributed by atoms with van der Waals surface area (Å²) in [5.74, 6) is -1.47. The highest BCUT2D eigenvalue weighted by Gasteiger charge is 2.24. The van der Waals surface area contributed by atoms with Crippen LogP contribution in [0.25, 0.3) is 11.3 Å². The van der Waals surface area contributed by atoms with E-state index in [0.29, 0.717) is 22.9 Å². The van der Waals surface area contributed by atoms with Crippen LogP contribution in [0.5, 0.6) is 5.75 Å². The van der Waals surface area contributed by atoms with Crippen molar-refractivity contribution < 1.29 is 23.8 Å². The zero-order chi connectivity index (χ0) is 27.2. The van der Waals surface area contributed by atoms with Crippen molar-refractivity contribution >= 4 is 34.0 Å². The van der Waals surface area contributed by atoms with E-state index in [1.807, 2.05) is 29.6 Å². The van der Waals surface area contributed by atoms with Gasteiger partial charge >= 0.3 is 5.97 Å². The topological polar surface area (TPSA) is 91.8 Å².